The maximum absolute atomic E-state index is 11.7. The Hall–Kier alpha value is -1.85. The summed E-state index contributed by atoms with van der Waals surface area (Å²) in [5.74, 6) is -0.961. The summed E-state index contributed by atoms with van der Waals surface area (Å²) >= 11 is 0. The fourth-order valence-electron chi connectivity index (χ4n) is 1.68. The normalized spacial score (nSPS) is 10.4. The Morgan fingerprint density at radius 2 is 2.06 bits per heavy atom. The fourth-order valence-corrected chi connectivity index (χ4v) is 1.68. The number of carboxylic acids is 1. The molecule has 0 spiro atoms. The number of hydrogen-bond acceptors (Lipinski definition) is 3. The number of amides is 1. The number of carbonyl (C=O) groups excluding carboxylic acids is 1. The number of nitrogens with zero attached hydrogens (tertiary/aromatic N) is 3. The van der Waals surface area contributed by atoms with Gasteiger partial charge in [0.25, 0.3) is 0 Å². The van der Waals surface area contributed by atoms with Crippen molar-refractivity contribution < 1.29 is 14.7 Å². The SMILES string of the molecule is Cc1cc(C)n(CCC(=O)N(C)CCC(=O)O)n1. The lowest BCUT2D eigenvalue weighted by atomic mass is 10.3. The van der Waals surface area contributed by atoms with Gasteiger partial charge in [-0.05, 0) is 19.9 Å². The second kappa shape index (κ2) is 6.18. The molecule has 0 atom stereocenters. The van der Waals surface area contributed by atoms with Crippen LogP contribution in [0.1, 0.15) is 24.2 Å². The molecule has 0 aromatic carbocycles. The zero-order chi connectivity index (χ0) is 13.7. The minimum absolute atomic E-state index is 0.0256. The van der Waals surface area contributed by atoms with Crippen LogP contribution in [0, 0.1) is 13.8 Å². The molecule has 0 aliphatic rings. The van der Waals surface area contributed by atoms with Crippen molar-refractivity contribution in [1.29, 1.82) is 0 Å². The minimum atomic E-state index is -0.895. The van der Waals surface area contributed by atoms with Crippen molar-refractivity contribution in [3.8, 4) is 0 Å². The average Bonchev–Trinajstić information content (AvgIpc) is 2.61. The zero-order valence-electron chi connectivity index (χ0n) is 11.0. The summed E-state index contributed by atoms with van der Waals surface area (Å²) in [5, 5.41) is 12.8. The molecule has 6 heteroatoms. The molecule has 1 aromatic rings. The van der Waals surface area contributed by atoms with Crippen molar-refractivity contribution in [2.75, 3.05) is 13.6 Å². The van der Waals surface area contributed by atoms with Crippen LogP contribution in [-0.2, 0) is 16.1 Å². The van der Waals surface area contributed by atoms with Gasteiger partial charge in [-0.1, -0.05) is 0 Å². The molecule has 0 radical (unpaired) electrons. The van der Waals surface area contributed by atoms with Crippen LogP contribution in [0.5, 0.6) is 0 Å². The standard InChI is InChI=1S/C12H19N3O3/c1-9-8-10(2)15(13-9)7-4-11(16)14(3)6-5-12(17)18/h8H,4-7H2,1-3H3,(H,17,18). The first-order valence-electron chi connectivity index (χ1n) is 5.87. The lowest BCUT2D eigenvalue weighted by molar-refractivity contribution is -0.138. The van der Waals surface area contributed by atoms with E-state index in [1.807, 2.05) is 19.9 Å². The quantitative estimate of drug-likeness (QED) is 0.814. The predicted molar refractivity (Wildman–Crippen MR) is 66.2 cm³/mol. The fraction of sp³-hybridized carbons (Fsp3) is 0.583. The molecule has 6 nitrogen and oxygen atoms in total. The van der Waals surface area contributed by atoms with Crippen LogP contribution < -0.4 is 0 Å². The summed E-state index contributed by atoms with van der Waals surface area (Å²) < 4.78 is 1.79. The van der Waals surface area contributed by atoms with Crippen molar-refractivity contribution >= 4 is 11.9 Å². The monoisotopic (exact) mass is 253 g/mol. The Morgan fingerprint density at radius 3 is 2.56 bits per heavy atom. The highest BCUT2D eigenvalue weighted by Gasteiger charge is 2.11. The molecule has 0 saturated heterocycles. The van der Waals surface area contributed by atoms with Crippen LogP contribution in [-0.4, -0.2) is 45.3 Å². The number of aromatic nitrogens is 2. The molecule has 1 aromatic heterocycles. The summed E-state index contributed by atoms with van der Waals surface area (Å²) in [5.41, 5.74) is 1.95. The van der Waals surface area contributed by atoms with E-state index < -0.39 is 5.97 Å². The highest BCUT2D eigenvalue weighted by Crippen LogP contribution is 2.04. The summed E-state index contributed by atoms with van der Waals surface area (Å²) in [4.78, 5) is 23.6. The molecule has 1 amide bonds. The molecule has 100 valence electrons. The lowest BCUT2D eigenvalue weighted by Crippen LogP contribution is -2.29. The number of hydrogen-bond donors (Lipinski definition) is 1. The first kappa shape index (κ1) is 14.2. The summed E-state index contributed by atoms with van der Waals surface area (Å²) in [6, 6.07) is 1.96. The Bertz CT molecular complexity index is 440. The molecular weight excluding hydrogens is 234 g/mol. The third-order valence-corrected chi connectivity index (χ3v) is 2.73. The molecule has 18 heavy (non-hydrogen) atoms. The zero-order valence-corrected chi connectivity index (χ0v) is 11.0. The van der Waals surface area contributed by atoms with Crippen molar-refractivity contribution in [3.63, 3.8) is 0 Å². The maximum Gasteiger partial charge on any atom is 0.305 e. The van der Waals surface area contributed by atoms with Gasteiger partial charge < -0.3 is 10.0 Å². The minimum Gasteiger partial charge on any atom is -0.481 e. The van der Waals surface area contributed by atoms with Gasteiger partial charge in [0.2, 0.25) is 5.91 Å². The largest absolute Gasteiger partial charge is 0.481 e. The first-order chi connectivity index (χ1) is 8.40. The second-order valence-corrected chi connectivity index (χ2v) is 4.36. The van der Waals surface area contributed by atoms with Gasteiger partial charge in [-0.15, -0.1) is 0 Å². The van der Waals surface area contributed by atoms with Crippen LogP contribution >= 0.6 is 0 Å². The van der Waals surface area contributed by atoms with Crippen LogP contribution in [0.4, 0.5) is 0 Å². The molecule has 0 unspecified atom stereocenters. The van der Waals surface area contributed by atoms with Gasteiger partial charge in [0, 0.05) is 32.3 Å². The number of carbonyl (C=O) groups is 2. The van der Waals surface area contributed by atoms with E-state index in [0.717, 1.165) is 11.4 Å². The molecule has 0 fully saturated rings. The second-order valence-electron chi connectivity index (χ2n) is 4.36. The van der Waals surface area contributed by atoms with Gasteiger partial charge in [-0.2, -0.15) is 5.10 Å². The molecular formula is C12H19N3O3. The van der Waals surface area contributed by atoms with Crippen molar-refractivity contribution in [2.24, 2.45) is 0 Å². The van der Waals surface area contributed by atoms with Gasteiger partial charge in [-0.25, -0.2) is 0 Å². The van der Waals surface area contributed by atoms with Crippen molar-refractivity contribution in [1.82, 2.24) is 14.7 Å². The van der Waals surface area contributed by atoms with Crippen LogP contribution in [0.15, 0.2) is 6.07 Å². The summed E-state index contributed by atoms with van der Waals surface area (Å²) in [6.07, 6.45) is 0.306. The van der Waals surface area contributed by atoms with Gasteiger partial charge in [0.05, 0.1) is 12.1 Å². The maximum atomic E-state index is 11.7. The molecule has 0 saturated carbocycles. The van der Waals surface area contributed by atoms with Gasteiger partial charge >= 0.3 is 5.97 Å². The summed E-state index contributed by atoms with van der Waals surface area (Å²) in [6.45, 7) is 4.62. The van der Waals surface area contributed by atoms with E-state index in [9.17, 15) is 9.59 Å². The first-order valence-corrected chi connectivity index (χ1v) is 5.87. The van der Waals surface area contributed by atoms with E-state index in [1.54, 1.807) is 11.7 Å². The van der Waals surface area contributed by atoms with E-state index in [0.29, 0.717) is 13.0 Å². The Morgan fingerprint density at radius 1 is 1.39 bits per heavy atom. The van der Waals surface area contributed by atoms with Crippen LogP contribution in [0.25, 0.3) is 0 Å². The number of aliphatic carboxylic acids is 1. The van der Waals surface area contributed by atoms with Crippen molar-refractivity contribution in [3.05, 3.63) is 17.5 Å². The number of rotatable bonds is 6. The van der Waals surface area contributed by atoms with E-state index in [-0.39, 0.29) is 18.9 Å². The van der Waals surface area contributed by atoms with Gasteiger partial charge in [0.1, 0.15) is 0 Å². The van der Waals surface area contributed by atoms with E-state index >= 15 is 0 Å². The molecule has 1 N–H and O–H groups in total. The van der Waals surface area contributed by atoms with Crippen molar-refractivity contribution in [2.45, 2.75) is 33.2 Å². The van der Waals surface area contributed by atoms with E-state index in [4.69, 9.17) is 5.11 Å². The predicted octanol–water partition coefficient (Wildman–Crippen LogP) is 0.823. The lowest BCUT2D eigenvalue weighted by Gasteiger charge is -2.16. The molecule has 0 aliphatic heterocycles. The third kappa shape index (κ3) is 4.20. The highest BCUT2D eigenvalue weighted by atomic mass is 16.4. The third-order valence-electron chi connectivity index (χ3n) is 2.73. The molecule has 1 rings (SSSR count). The highest BCUT2D eigenvalue weighted by molar-refractivity contribution is 5.76. The Balaban J connectivity index is 2.41. The number of aryl methyl sites for hydroxylation is 3. The van der Waals surface area contributed by atoms with Gasteiger partial charge in [0.15, 0.2) is 0 Å². The van der Waals surface area contributed by atoms with E-state index in [1.165, 1.54) is 4.90 Å². The van der Waals surface area contributed by atoms with Crippen LogP contribution in [0.3, 0.4) is 0 Å². The molecule has 0 aliphatic carbocycles. The summed E-state index contributed by atoms with van der Waals surface area (Å²) in [7, 11) is 1.62. The smallest absolute Gasteiger partial charge is 0.305 e. The number of carboxylic acid groups (broad SMARTS) is 1. The average molecular weight is 253 g/mol. The molecule has 1 heterocycles. The Labute approximate surface area is 106 Å². The van der Waals surface area contributed by atoms with Crippen LogP contribution in [0.2, 0.25) is 0 Å². The Kier molecular flexibility index (Phi) is 4.88. The van der Waals surface area contributed by atoms with E-state index in [2.05, 4.69) is 5.10 Å². The van der Waals surface area contributed by atoms with Gasteiger partial charge in [-0.3, -0.25) is 14.3 Å². The molecule has 0 bridgehead atoms. The topological polar surface area (TPSA) is 75.4 Å².